The van der Waals surface area contributed by atoms with Crippen molar-refractivity contribution in [2.75, 3.05) is 27.9 Å². The van der Waals surface area contributed by atoms with Crippen LogP contribution in [0.15, 0.2) is 47.6 Å². The number of carbonyl (C=O) groups is 5. The topological polar surface area (TPSA) is 186 Å². The number of methoxy groups -OCH3 is 3. The summed E-state index contributed by atoms with van der Waals surface area (Å²) < 4.78 is 23.3. The van der Waals surface area contributed by atoms with Crippen LogP contribution < -0.4 is 0 Å². The number of nitrogens with zero attached hydrogens (tertiary/aromatic N) is 1. The van der Waals surface area contributed by atoms with Crippen molar-refractivity contribution in [2.45, 2.75) is 167 Å². The highest BCUT2D eigenvalue weighted by atomic mass is 16.6. The van der Waals surface area contributed by atoms with E-state index in [0.717, 1.165) is 12.0 Å². The maximum Gasteiger partial charge on any atom is 0.296 e. The Kier molecular flexibility index (Phi) is 18.6. The molecule has 5 rings (SSSR count). The second-order valence-electron chi connectivity index (χ2n) is 20.0. The first-order valence-electron chi connectivity index (χ1n) is 23.8. The van der Waals surface area contributed by atoms with E-state index >= 15 is 0 Å². The van der Waals surface area contributed by atoms with E-state index in [-0.39, 0.29) is 72.4 Å². The molecule has 3 N–H and O–H groups in total. The van der Waals surface area contributed by atoms with E-state index in [1.54, 1.807) is 41.1 Å². The standard InChI is InChI=1S/C51H77NO12/c1-29-13-11-10-12-14-30(2)44(61-7)28-38-17-15-34(6)51(60,64-38)49(58)50(59)52-20-19-36-25-40(52)43(55)27-37(39(36)23-35-16-18-41(53)45(24-35)62-8)26-42(54)31(3)22-33(5)47(57)48(63-9)46(56)32(4)21-29/h10-14,22,29,31-32,34-41,44-45,47-48,53,57,60H,15-21,23-28H2,1-9H3/b12-10+,13-11+,30-14?,33-22+/t29-,31-,32-,34-,35+,36+,37-,38+,39?,40+,41-,44+,45-,47-,48+,51-/m1/s1. The Bertz CT molecular complexity index is 1790. The lowest BCUT2D eigenvalue weighted by atomic mass is 9.68. The van der Waals surface area contributed by atoms with Crippen LogP contribution in [0.3, 0.4) is 0 Å². The minimum Gasteiger partial charge on any atom is -0.390 e. The summed E-state index contributed by atoms with van der Waals surface area (Å²) in [5, 5.41) is 34.0. The predicted molar refractivity (Wildman–Crippen MR) is 242 cm³/mol. The van der Waals surface area contributed by atoms with E-state index in [1.165, 1.54) is 12.0 Å². The molecule has 3 heterocycles. The van der Waals surface area contributed by atoms with Crippen LogP contribution in [-0.4, -0.2) is 126 Å². The van der Waals surface area contributed by atoms with Crippen LogP contribution >= 0.6 is 0 Å². The summed E-state index contributed by atoms with van der Waals surface area (Å²) in [6, 6.07) is -0.899. The van der Waals surface area contributed by atoms with Gasteiger partial charge in [-0.15, -0.1) is 0 Å². The number of amides is 1. The Balaban J connectivity index is 1.49. The van der Waals surface area contributed by atoms with Gasteiger partial charge in [-0.05, 0) is 112 Å². The first-order valence-corrected chi connectivity index (χ1v) is 23.8. The fourth-order valence-electron chi connectivity index (χ4n) is 11.3. The summed E-state index contributed by atoms with van der Waals surface area (Å²) in [5.41, 5.74) is 1.33. The van der Waals surface area contributed by atoms with Crippen molar-refractivity contribution in [3.05, 3.63) is 47.6 Å². The van der Waals surface area contributed by atoms with Gasteiger partial charge in [-0.3, -0.25) is 24.0 Å². The van der Waals surface area contributed by atoms with Crippen molar-refractivity contribution in [3.8, 4) is 0 Å². The average molecular weight is 896 g/mol. The number of hydrogen-bond acceptors (Lipinski definition) is 12. The maximum absolute atomic E-state index is 14.5. The molecule has 0 spiro atoms. The molecule has 13 heteroatoms. The molecular formula is C51H77NO12. The molecule has 16 atom stereocenters. The molecule has 64 heavy (non-hydrogen) atoms. The molecule has 2 saturated carbocycles. The zero-order valence-electron chi connectivity index (χ0n) is 39.8. The third kappa shape index (κ3) is 12.2. The molecule has 0 aromatic heterocycles. The van der Waals surface area contributed by atoms with E-state index < -0.39 is 71.8 Å². The maximum atomic E-state index is 14.5. The lowest BCUT2D eigenvalue weighted by molar-refractivity contribution is -0.265. The Morgan fingerprint density at radius 2 is 1.50 bits per heavy atom. The summed E-state index contributed by atoms with van der Waals surface area (Å²) in [4.78, 5) is 72.3. The number of fused-ring (bicyclic) bond motifs is 5. The van der Waals surface area contributed by atoms with Crippen molar-refractivity contribution >= 4 is 29.0 Å². The van der Waals surface area contributed by atoms with Crippen molar-refractivity contribution in [2.24, 2.45) is 47.3 Å². The van der Waals surface area contributed by atoms with Crippen molar-refractivity contribution in [3.63, 3.8) is 0 Å². The van der Waals surface area contributed by atoms with Gasteiger partial charge in [0.25, 0.3) is 11.7 Å². The van der Waals surface area contributed by atoms with Crippen LogP contribution in [0.5, 0.6) is 0 Å². The van der Waals surface area contributed by atoms with Gasteiger partial charge in [-0.2, -0.15) is 0 Å². The van der Waals surface area contributed by atoms with Crippen LogP contribution in [0, 0.1) is 47.3 Å². The first kappa shape index (κ1) is 51.8. The van der Waals surface area contributed by atoms with Crippen molar-refractivity contribution < 1.29 is 58.2 Å². The largest absolute Gasteiger partial charge is 0.390 e. The minimum absolute atomic E-state index is 0.0286. The van der Waals surface area contributed by atoms with Gasteiger partial charge < -0.3 is 39.2 Å². The first-order chi connectivity index (χ1) is 30.3. The fourth-order valence-corrected chi connectivity index (χ4v) is 11.3. The number of aliphatic hydroxyl groups is 3. The second kappa shape index (κ2) is 23.0. The lowest BCUT2D eigenvalue weighted by Crippen LogP contribution is -2.61. The quantitative estimate of drug-likeness (QED) is 0.214. The molecule has 3 aliphatic heterocycles. The fraction of sp³-hybridized carbons (Fsp3) is 0.745. The van der Waals surface area contributed by atoms with Crippen LogP contribution in [-0.2, 0) is 42.9 Å². The summed E-state index contributed by atoms with van der Waals surface area (Å²) in [6.07, 6.45) is 12.6. The predicted octanol–water partition coefficient (Wildman–Crippen LogP) is 6.06. The van der Waals surface area contributed by atoms with Gasteiger partial charge in [0.05, 0.1) is 30.5 Å². The monoisotopic (exact) mass is 896 g/mol. The van der Waals surface area contributed by atoms with Gasteiger partial charge >= 0.3 is 0 Å². The molecule has 4 fully saturated rings. The zero-order valence-corrected chi connectivity index (χ0v) is 39.8. The molecule has 5 aliphatic rings. The number of ether oxygens (including phenoxy) is 4. The Labute approximate surface area is 381 Å². The highest BCUT2D eigenvalue weighted by Gasteiger charge is 2.54. The minimum atomic E-state index is -2.38. The van der Waals surface area contributed by atoms with Gasteiger partial charge in [0, 0.05) is 64.9 Å². The number of allylic oxidation sites excluding steroid dienone is 6. The van der Waals surface area contributed by atoms with Crippen LogP contribution in [0.4, 0.5) is 0 Å². The van der Waals surface area contributed by atoms with E-state index in [2.05, 4.69) is 0 Å². The van der Waals surface area contributed by atoms with Crippen molar-refractivity contribution in [1.29, 1.82) is 0 Å². The summed E-state index contributed by atoms with van der Waals surface area (Å²) in [6.45, 7) is 11.1. The second-order valence-corrected chi connectivity index (χ2v) is 20.0. The molecule has 1 unspecified atom stereocenters. The smallest absolute Gasteiger partial charge is 0.296 e. The van der Waals surface area contributed by atoms with E-state index in [9.17, 15) is 39.3 Å². The number of aliphatic hydroxyl groups excluding tert-OH is 2. The molecule has 0 aromatic carbocycles. The number of carbonyl (C=O) groups excluding carboxylic acids is 5. The Hall–Kier alpha value is -3.17. The Morgan fingerprint density at radius 3 is 2.19 bits per heavy atom. The van der Waals surface area contributed by atoms with Gasteiger partial charge in [0.1, 0.15) is 18.0 Å². The Morgan fingerprint density at radius 1 is 0.781 bits per heavy atom. The third-order valence-corrected chi connectivity index (χ3v) is 15.5. The highest BCUT2D eigenvalue weighted by Crippen LogP contribution is 2.46. The molecule has 2 saturated heterocycles. The average Bonchev–Trinajstić information content (AvgIpc) is 3.36. The van der Waals surface area contributed by atoms with Gasteiger partial charge in [0.2, 0.25) is 5.79 Å². The number of Topliss-reactive ketones (excluding diaryl/α,β-unsaturated/α-hetero) is 4. The summed E-state index contributed by atoms with van der Waals surface area (Å²) >= 11 is 0. The summed E-state index contributed by atoms with van der Waals surface area (Å²) in [5.74, 6) is -6.93. The van der Waals surface area contributed by atoms with Gasteiger partial charge in [-0.1, -0.05) is 64.2 Å². The van der Waals surface area contributed by atoms with Crippen LogP contribution in [0.2, 0.25) is 0 Å². The van der Waals surface area contributed by atoms with Gasteiger partial charge in [-0.25, -0.2) is 0 Å². The molecule has 1 amide bonds. The molecule has 0 aromatic rings. The van der Waals surface area contributed by atoms with E-state index in [1.807, 2.05) is 51.2 Å². The zero-order chi connectivity index (χ0) is 47.0. The van der Waals surface area contributed by atoms with E-state index in [0.29, 0.717) is 63.4 Å². The highest BCUT2D eigenvalue weighted by molar-refractivity contribution is 6.39. The van der Waals surface area contributed by atoms with E-state index in [4.69, 9.17) is 18.9 Å². The molecular weight excluding hydrogens is 819 g/mol. The number of ketones is 4. The number of hydrogen-bond donors (Lipinski definition) is 3. The molecule has 13 nitrogen and oxygen atoms in total. The third-order valence-electron chi connectivity index (χ3n) is 15.5. The normalized spacial score (nSPS) is 42.5. The molecule has 2 aliphatic carbocycles. The number of rotatable bonds is 5. The van der Waals surface area contributed by atoms with Crippen molar-refractivity contribution in [1.82, 2.24) is 4.90 Å². The van der Waals surface area contributed by atoms with Crippen LogP contribution in [0.1, 0.15) is 119 Å². The van der Waals surface area contributed by atoms with Gasteiger partial charge in [0.15, 0.2) is 11.6 Å². The molecule has 358 valence electrons. The lowest BCUT2D eigenvalue weighted by Gasteiger charge is -2.44. The SMILES string of the molecule is CO[C@H]1C[C@@H]2CC[C@@H](C)[C@@](O)(O2)C(=O)C(=O)N2CC[C@H]3C[C@H]2C(=O)C[C@@H](CC(=O)[C@H](C)/C=C(\C)[C@@H](O)[C@@H](OC)C(=O)[C@H](C)C[C@H](C)/C=C/C=C/C=C1C)C3C[C@@H]1CC[C@@H](O)[C@H](OC)C1. The summed E-state index contributed by atoms with van der Waals surface area (Å²) in [7, 11) is 4.59. The molecule has 5 bridgehead atoms. The molecule has 0 radical (unpaired) electrons. The van der Waals surface area contributed by atoms with Crippen LogP contribution in [0.25, 0.3) is 0 Å². The number of piperidine rings is 1.